The minimum Gasteiger partial charge on any atom is -0.481 e. The Morgan fingerprint density at radius 3 is 2.56 bits per heavy atom. The van der Waals surface area contributed by atoms with Gasteiger partial charge in [0.25, 0.3) is 0 Å². The standard InChI is InChI=1S/C12H20N2O4/c1-12(10(16)17)4-2-5-14(8-12)11(18)13-6-3-9(15)7-13/h9,15H,2-8H2,1H3,(H,16,17). The Morgan fingerprint density at radius 2 is 2.00 bits per heavy atom. The highest BCUT2D eigenvalue weighted by Crippen LogP contribution is 2.30. The quantitative estimate of drug-likeness (QED) is 0.709. The molecule has 0 aliphatic carbocycles. The Hall–Kier alpha value is -1.30. The number of nitrogens with zero attached hydrogens (tertiary/aromatic N) is 2. The van der Waals surface area contributed by atoms with Crippen molar-refractivity contribution >= 4 is 12.0 Å². The first-order chi connectivity index (χ1) is 8.42. The maximum atomic E-state index is 12.2. The predicted molar refractivity (Wildman–Crippen MR) is 64.1 cm³/mol. The maximum absolute atomic E-state index is 12.2. The molecule has 2 amide bonds. The summed E-state index contributed by atoms with van der Waals surface area (Å²) in [6.45, 7) is 3.47. The molecule has 0 aromatic rings. The molecule has 102 valence electrons. The van der Waals surface area contributed by atoms with Crippen LogP contribution >= 0.6 is 0 Å². The molecule has 18 heavy (non-hydrogen) atoms. The summed E-state index contributed by atoms with van der Waals surface area (Å²) < 4.78 is 0. The number of carbonyl (C=O) groups is 2. The Bertz CT molecular complexity index is 360. The van der Waals surface area contributed by atoms with Crippen molar-refractivity contribution in [2.45, 2.75) is 32.3 Å². The number of aliphatic hydroxyl groups excluding tert-OH is 1. The molecule has 0 aromatic heterocycles. The zero-order valence-corrected chi connectivity index (χ0v) is 10.6. The average Bonchev–Trinajstić information content (AvgIpc) is 2.75. The average molecular weight is 256 g/mol. The summed E-state index contributed by atoms with van der Waals surface area (Å²) in [6, 6.07) is -0.140. The second-order valence-corrected chi connectivity index (χ2v) is 5.56. The fourth-order valence-corrected chi connectivity index (χ4v) is 2.69. The summed E-state index contributed by atoms with van der Waals surface area (Å²) in [4.78, 5) is 26.6. The molecule has 2 saturated heterocycles. The third-order valence-electron chi connectivity index (χ3n) is 3.92. The van der Waals surface area contributed by atoms with Crippen LogP contribution in [-0.2, 0) is 4.79 Å². The molecule has 2 unspecified atom stereocenters. The van der Waals surface area contributed by atoms with Gasteiger partial charge in [0.15, 0.2) is 0 Å². The second-order valence-electron chi connectivity index (χ2n) is 5.56. The van der Waals surface area contributed by atoms with Crippen LogP contribution in [-0.4, -0.2) is 64.3 Å². The second kappa shape index (κ2) is 4.76. The van der Waals surface area contributed by atoms with Crippen LogP contribution in [0.1, 0.15) is 26.2 Å². The lowest BCUT2D eigenvalue weighted by Crippen LogP contribution is -2.52. The number of urea groups is 1. The van der Waals surface area contributed by atoms with Crippen molar-refractivity contribution in [2.24, 2.45) is 5.41 Å². The van der Waals surface area contributed by atoms with Crippen molar-refractivity contribution in [1.82, 2.24) is 9.80 Å². The van der Waals surface area contributed by atoms with E-state index in [1.807, 2.05) is 0 Å². The van der Waals surface area contributed by atoms with Gasteiger partial charge in [-0.3, -0.25) is 4.79 Å². The molecule has 6 nitrogen and oxygen atoms in total. The van der Waals surface area contributed by atoms with Crippen LogP contribution in [0, 0.1) is 5.41 Å². The summed E-state index contributed by atoms with van der Waals surface area (Å²) in [6.07, 6.45) is 1.49. The molecule has 0 radical (unpaired) electrons. The number of carbonyl (C=O) groups excluding carboxylic acids is 1. The van der Waals surface area contributed by atoms with Crippen molar-refractivity contribution in [3.05, 3.63) is 0 Å². The van der Waals surface area contributed by atoms with Gasteiger partial charge >= 0.3 is 12.0 Å². The summed E-state index contributed by atoms with van der Waals surface area (Å²) in [5.74, 6) is -0.846. The molecular weight excluding hydrogens is 236 g/mol. The van der Waals surface area contributed by atoms with Crippen molar-refractivity contribution in [1.29, 1.82) is 0 Å². The molecule has 0 aromatic carbocycles. The Balaban J connectivity index is 2.00. The van der Waals surface area contributed by atoms with Gasteiger partial charge in [0, 0.05) is 26.2 Å². The van der Waals surface area contributed by atoms with E-state index >= 15 is 0 Å². The number of aliphatic carboxylic acids is 1. The van der Waals surface area contributed by atoms with Crippen LogP contribution in [0.3, 0.4) is 0 Å². The van der Waals surface area contributed by atoms with Gasteiger partial charge in [-0.25, -0.2) is 4.79 Å². The highest BCUT2D eigenvalue weighted by molar-refractivity contribution is 5.78. The molecule has 0 bridgehead atoms. The summed E-state index contributed by atoms with van der Waals surface area (Å²) in [7, 11) is 0. The van der Waals surface area contributed by atoms with Gasteiger partial charge in [-0.1, -0.05) is 0 Å². The number of aliphatic hydroxyl groups is 1. The van der Waals surface area contributed by atoms with E-state index in [4.69, 9.17) is 0 Å². The third-order valence-corrected chi connectivity index (χ3v) is 3.92. The molecule has 0 saturated carbocycles. The molecule has 2 N–H and O–H groups in total. The normalized spacial score (nSPS) is 32.7. The fraction of sp³-hybridized carbons (Fsp3) is 0.833. The minimum atomic E-state index is -0.846. The smallest absolute Gasteiger partial charge is 0.320 e. The molecule has 2 aliphatic rings. The largest absolute Gasteiger partial charge is 0.481 e. The zero-order chi connectivity index (χ0) is 13.3. The monoisotopic (exact) mass is 256 g/mol. The SMILES string of the molecule is CC1(C(=O)O)CCCN(C(=O)N2CCC(O)C2)C1. The number of piperidine rings is 1. The van der Waals surface area contributed by atoms with Gasteiger partial charge in [-0.2, -0.15) is 0 Å². The highest BCUT2D eigenvalue weighted by Gasteiger charge is 2.41. The summed E-state index contributed by atoms with van der Waals surface area (Å²) in [5, 5.41) is 18.6. The van der Waals surface area contributed by atoms with Gasteiger partial charge < -0.3 is 20.0 Å². The molecule has 2 fully saturated rings. The summed E-state index contributed by atoms with van der Waals surface area (Å²) >= 11 is 0. The number of likely N-dealkylation sites (tertiary alicyclic amines) is 2. The minimum absolute atomic E-state index is 0.140. The predicted octanol–water partition coefficient (Wildman–Crippen LogP) is 0.360. The highest BCUT2D eigenvalue weighted by atomic mass is 16.4. The lowest BCUT2D eigenvalue weighted by molar-refractivity contribution is -0.150. The van der Waals surface area contributed by atoms with Gasteiger partial charge in [-0.15, -0.1) is 0 Å². The molecule has 2 rings (SSSR count). The number of hydrogen-bond donors (Lipinski definition) is 2. The van der Waals surface area contributed by atoms with Crippen molar-refractivity contribution in [3.8, 4) is 0 Å². The Morgan fingerprint density at radius 1 is 1.28 bits per heavy atom. The Kier molecular flexibility index (Phi) is 3.47. The summed E-state index contributed by atoms with van der Waals surface area (Å²) in [5.41, 5.74) is -0.841. The lowest BCUT2D eigenvalue weighted by atomic mass is 9.82. The van der Waals surface area contributed by atoms with E-state index in [-0.39, 0.29) is 12.6 Å². The first-order valence-corrected chi connectivity index (χ1v) is 6.38. The number of hydrogen-bond acceptors (Lipinski definition) is 3. The van der Waals surface area contributed by atoms with Gasteiger partial charge in [-0.05, 0) is 26.2 Å². The molecule has 2 heterocycles. The third kappa shape index (κ3) is 2.43. The van der Waals surface area contributed by atoms with E-state index in [9.17, 15) is 19.8 Å². The van der Waals surface area contributed by atoms with Crippen LogP contribution in [0.4, 0.5) is 4.79 Å². The number of amides is 2. The molecular formula is C12H20N2O4. The van der Waals surface area contributed by atoms with Crippen molar-refractivity contribution in [2.75, 3.05) is 26.2 Å². The van der Waals surface area contributed by atoms with Crippen LogP contribution in [0.2, 0.25) is 0 Å². The van der Waals surface area contributed by atoms with Crippen molar-refractivity contribution in [3.63, 3.8) is 0 Å². The molecule has 0 spiro atoms. The number of carboxylic acid groups (broad SMARTS) is 1. The first kappa shape index (κ1) is 13.1. The van der Waals surface area contributed by atoms with E-state index in [0.717, 1.165) is 0 Å². The fourth-order valence-electron chi connectivity index (χ4n) is 2.69. The number of carboxylic acids is 1. The lowest BCUT2D eigenvalue weighted by Gasteiger charge is -2.39. The van der Waals surface area contributed by atoms with E-state index in [1.54, 1.807) is 16.7 Å². The van der Waals surface area contributed by atoms with E-state index < -0.39 is 17.5 Å². The maximum Gasteiger partial charge on any atom is 0.320 e. The number of β-amino-alcohol motifs (C(OH)–C–C–N with tert-alkyl or cyclic N) is 1. The van der Waals surface area contributed by atoms with Gasteiger partial charge in [0.05, 0.1) is 11.5 Å². The van der Waals surface area contributed by atoms with Crippen LogP contribution < -0.4 is 0 Å². The van der Waals surface area contributed by atoms with Crippen molar-refractivity contribution < 1.29 is 19.8 Å². The van der Waals surface area contributed by atoms with E-state index in [2.05, 4.69) is 0 Å². The van der Waals surface area contributed by atoms with E-state index in [0.29, 0.717) is 38.9 Å². The van der Waals surface area contributed by atoms with Crippen LogP contribution in [0.15, 0.2) is 0 Å². The molecule has 2 atom stereocenters. The Labute approximate surface area is 106 Å². The van der Waals surface area contributed by atoms with Gasteiger partial charge in [0.2, 0.25) is 0 Å². The number of rotatable bonds is 1. The molecule has 6 heteroatoms. The molecule has 2 aliphatic heterocycles. The van der Waals surface area contributed by atoms with E-state index in [1.165, 1.54) is 0 Å². The van der Waals surface area contributed by atoms with Crippen LogP contribution in [0.25, 0.3) is 0 Å². The first-order valence-electron chi connectivity index (χ1n) is 6.38. The zero-order valence-electron chi connectivity index (χ0n) is 10.6. The topological polar surface area (TPSA) is 81.1 Å². The van der Waals surface area contributed by atoms with Gasteiger partial charge in [0.1, 0.15) is 0 Å². The van der Waals surface area contributed by atoms with Crippen LogP contribution in [0.5, 0.6) is 0 Å².